The van der Waals surface area contributed by atoms with Gasteiger partial charge < -0.3 is 5.32 Å². The molecule has 1 aromatic heterocycles. The summed E-state index contributed by atoms with van der Waals surface area (Å²) in [5.74, 6) is 1.06. The number of benzene rings is 1. The summed E-state index contributed by atoms with van der Waals surface area (Å²) in [5.41, 5.74) is 0.661. The summed E-state index contributed by atoms with van der Waals surface area (Å²) >= 11 is 7.39. The number of rotatable bonds is 6. The van der Waals surface area contributed by atoms with E-state index >= 15 is 0 Å². The highest BCUT2D eigenvalue weighted by atomic mass is 35.5. The molecule has 0 fully saturated rings. The summed E-state index contributed by atoms with van der Waals surface area (Å²) < 4.78 is 1.98. The predicted octanol–water partition coefficient (Wildman–Crippen LogP) is 3.55. The maximum atomic E-state index is 12.2. The van der Waals surface area contributed by atoms with Crippen LogP contribution in [0.25, 0.3) is 5.69 Å². The van der Waals surface area contributed by atoms with Crippen molar-refractivity contribution in [2.45, 2.75) is 44.4 Å². The van der Waals surface area contributed by atoms with Gasteiger partial charge in [-0.2, -0.15) is 0 Å². The second-order valence-corrected chi connectivity index (χ2v) is 8.76. The maximum Gasteiger partial charge on any atom is 0.230 e. The van der Waals surface area contributed by atoms with Crippen LogP contribution in [0.2, 0.25) is 5.02 Å². The molecule has 0 aliphatic carbocycles. The molecule has 1 N–H and O–H groups in total. The number of aromatic nitrogens is 3. The summed E-state index contributed by atoms with van der Waals surface area (Å²) in [6.45, 7) is 7.95. The lowest BCUT2D eigenvalue weighted by molar-refractivity contribution is -0.119. The molecule has 1 aromatic carbocycles. The highest BCUT2D eigenvalue weighted by Crippen LogP contribution is 2.27. The summed E-state index contributed by atoms with van der Waals surface area (Å²) in [6, 6.07) is 7.59. The number of amides is 1. The minimum atomic E-state index is -0.258. The minimum absolute atomic E-state index is 0.0321. The van der Waals surface area contributed by atoms with Crippen molar-refractivity contribution in [3.8, 4) is 5.69 Å². The van der Waals surface area contributed by atoms with E-state index in [0.717, 1.165) is 11.5 Å². The van der Waals surface area contributed by atoms with Crippen LogP contribution in [0.5, 0.6) is 0 Å². The number of carbonyl (C=O) groups excluding carboxylic acids is 1. The number of nitrogens with zero attached hydrogens (tertiary/aromatic N) is 4. The molecule has 1 heterocycles. The second-order valence-electron chi connectivity index (χ2n) is 7.38. The molecule has 1 atom stereocenters. The zero-order chi connectivity index (χ0) is 19.5. The molecule has 0 bridgehead atoms. The summed E-state index contributed by atoms with van der Waals surface area (Å²) in [5, 5.41) is 13.0. The van der Waals surface area contributed by atoms with Gasteiger partial charge in [0.2, 0.25) is 5.91 Å². The van der Waals surface area contributed by atoms with Gasteiger partial charge >= 0.3 is 0 Å². The standard InChI is InChI=1S/C18H26ClN5OS/c1-12(23(5)6)16-21-22-17(26-11-15(25)20-18(2,3)4)24(16)14-9-7-13(19)8-10-14/h7-10,12H,11H2,1-6H3,(H,20,25). The Labute approximate surface area is 164 Å². The van der Waals surface area contributed by atoms with E-state index in [2.05, 4.69) is 27.3 Å². The number of hydrogen-bond donors (Lipinski definition) is 1. The highest BCUT2D eigenvalue weighted by molar-refractivity contribution is 7.99. The number of thioether (sulfide) groups is 1. The fraction of sp³-hybridized carbons (Fsp3) is 0.500. The Balaban J connectivity index is 2.31. The van der Waals surface area contributed by atoms with Gasteiger partial charge in [0.05, 0.1) is 11.8 Å². The van der Waals surface area contributed by atoms with E-state index in [0.29, 0.717) is 10.2 Å². The largest absolute Gasteiger partial charge is 0.351 e. The molecule has 1 amide bonds. The SMILES string of the molecule is CC(c1nnc(SCC(=O)NC(C)(C)C)n1-c1ccc(Cl)cc1)N(C)C. The summed E-state index contributed by atoms with van der Waals surface area (Å²) in [7, 11) is 3.99. The summed E-state index contributed by atoms with van der Waals surface area (Å²) in [4.78, 5) is 14.2. The van der Waals surface area contributed by atoms with Crippen molar-refractivity contribution in [3.63, 3.8) is 0 Å². The first-order chi connectivity index (χ1) is 12.1. The van der Waals surface area contributed by atoms with E-state index in [9.17, 15) is 4.79 Å². The van der Waals surface area contributed by atoms with Crippen molar-refractivity contribution in [1.82, 2.24) is 25.0 Å². The first-order valence-electron chi connectivity index (χ1n) is 8.40. The Bertz CT molecular complexity index is 752. The van der Waals surface area contributed by atoms with Gasteiger partial charge in [0.15, 0.2) is 11.0 Å². The van der Waals surface area contributed by atoms with Gasteiger partial charge in [-0.05, 0) is 66.1 Å². The maximum absolute atomic E-state index is 12.2. The molecular formula is C18H26ClN5OS. The van der Waals surface area contributed by atoms with E-state index in [1.54, 1.807) is 0 Å². The first-order valence-corrected chi connectivity index (χ1v) is 9.76. The molecule has 0 spiro atoms. The predicted molar refractivity (Wildman–Crippen MR) is 107 cm³/mol. The van der Waals surface area contributed by atoms with Crippen molar-refractivity contribution in [2.24, 2.45) is 0 Å². The van der Waals surface area contributed by atoms with Crippen molar-refractivity contribution in [1.29, 1.82) is 0 Å². The number of hydrogen-bond acceptors (Lipinski definition) is 5. The summed E-state index contributed by atoms with van der Waals surface area (Å²) in [6.07, 6.45) is 0. The third-order valence-corrected chi connectivity index (χ3v) is 4.92. The van der Waals surface area contributed by atoms with Crippen LogP contribution in [0, 0.1) is 0 Å². The molecule has 0 aliphatic heterocycles. The average Bonchev–Trinajstić information content (AvgIpc) is 2.95. The van der Waals surface area contributed by atoms with Gasteiger partial charge in [0.1, 0.15) is 0 Å². The number of halogens is 1. The molecule has 142 valence electrons. The molecule has 0 saturated carbocycles. The highest BCUT2D eigenvalue weighted by Gasteiger charge is 2.22. The van der Waals surface area contributed by atoms with E-state index < -0.39 is 0 Å². The Morgan fingerprint density at radius 1 is 1.27 bits per heavy atom. The molecule has 2 aromatic rings. The van der Waals surface area contributed by atoms with Gasteiger partial charge in [-0.1, -0.05) is 23.4 Å². The monoisotopic (exact) mass is 395 g/mol. The van der Waals surface area contributed by atoms with Crippen LogP contribution >= 0.6 is 23.4 Å². The first kappa shape index (κ1) is 20.7. The molecule has 6 nitrogen and oxygen atoms in total. The van der Waals surface area contributed by atoms with Crippen molar-refractivity contribution < 1.29 is 4.79 Å². The van der Waals surface area contributed by atoms with Gasteiger partial charge in [-0.3, -0.25) is 14.3 Å². The fourth-order valence-corrected chi connectivity index (χ4v) is 3.18. The third kappa shape index (κ3) is 5.46. The minimum Gasteiger partial charge on any atom is -0.351 e. The zero-order valence-electron chi connectivity index (χ0n) is 16.1. The molecule has 0 radical (unpaired) electrons. The van der Waals surface area contributed by atoms with Crippen molar-refractivity contribution in [3.05, 3.63) is 35.1 Å². The van der Waals surface area contributed by atoms with Crippen LogP contribution in [-0.4, -0.2) is 51.0 Å². The zero-order valence-corrected chi connectivity index (χ0v) is 17.6. The Kier molecular flexibility index (Phi) is 6.71. The van der Waals surface area contributed by atoms with E-state index in [1.807, 2.05) is 63.7 Å². The molecule has 1 unspecified atom stereocenters. The van der Waals surface area contributed by atoms with Gasteiger partial charge in [-0.25, -0.2) is 0 Å². The second kappa shape index (κ2) is 8.41. The van der Waals surface area contributed by atoms with Gasteiger partial charge in [0, 0.05) is 16.2 Å². The van der Waals surface area contributed by atoms with Crippen molar-refractivity contribution >= 4 is 29.3 Å². The Hall–Kier alpha value is -1.57. The Morgan fingerprint density at radius 2 is 1.88 bits per heavy atom. The number of nitrogens with one attached hydrogen (secondary N) is 1. The Morgan fingerprint density at radius 3 is 2.42 bits per heavy atom. The van der Waals surface area contributed by atoms with Gasteiger partial charge in [0.25, 0.3) is 0 Å². The molecule has 0 saturated heterocycles. The van der Waals surface area contributed by atoms with Crippen molar-refractivity contribution in [2.75, 3.05) is 19.8 Å². The molecule has 2 rings (SSSR count). The number of carbonyl (C=O) groups is 1. The third-order valence-electron chi connectivity index (χ3n) is 3.74. The lowest BCUT2D eigenvalue weighted by atomic mass is 10.1. The lowest BCUT2D eigenvalue weighted by Gasteiger charge is -2.21. The van der Waals surface area contributed by atoms with E-state index in [-0.39, 0.29) is 23.2 Å². The molecular weight excluding hydrogens is 370 g/mol. The van der Waals surface area contributed by atoms with Crippen LogP contribution in [0.15, 0.2) is 29.4 Å². The molecule has 0 aliphatic rings. The molecule has 8 heteroatoms. The van der Waals surface area contributed by atoms with Crippen LogP contribution in [0.4, 0.5) is 0 Å². The van der Waals surface area contributed by atoms with E-state index in [4.69, 9.17) is 11.6 Å². The topological polar surface area (TPSA) is 63.1 Å². The average molecular weight is 396 g/mol. The fourth-order valence-electron chi connectivity index (χ4n) is 2.29. The van der Waals surface area contributed by atoms with Crippen LogP contribution in [-0.2, 0) is 4.79 Å². The normalized spacial score (nSPS) is 13.1. The van der Waals surface area contributed by atoms with E-state index in [1.165, 1.54) is 11.8 Å². The quantitative estimate of drug-likeness (QED) is 0.758. The molecule has 26 heavy (non-hydrogen) atoms. The van der Waals surface area contributed by atoms with Crippen LogP contribution in [0.3, 0.4) is 0 Å². The van der Waals surface area contributed by atoms with Crippen LogP contribution < -0.4 is 5.32 Å². The smallest absolute Gasteiger partial charge is 0.230 e. The van der Waals surface area contributed by atoms with Crippen LogP contribution in [0.1, 0.15) is 39.6 Å². The lowest BCUT2D eigenvalue weighted by Crippen LogP contribution is -2.41. The van der Waals surface area contributed by atoms with Gasteiger partial charge in [-0.15, -0.1) is 10.2 Å².